The van der Waals surface area contributed by atoms with Crippen LogP contribution in [0.25, 0.3) is 0 Å². The van der Waals surface area contributed by atoms with Crippen molar-refractivity contribution in [1.29, 1.82) is 0 Å². The number of anilines is 3. The zero-order chi connectivity index (χ0) is 21.8. The van der Waals surface area contributed by atoms with E-state index in [0.29, 0.717) is 29.9 Å². The van der Waals surface area contributed by atoms with E-state index < -0.39 is 10.0 Å². The van der Waals surface area contributed by atoms with Crippen molar-refractivity contribution in [2.24, 2.45) is 0 Å². The first-order valence-corrected chi connectivity index (χ1v) is 11.3. The number of carbonyl (C=O) groups excluding carboxylic acids is 2. The van der Waals surface area contributed by atoms with Crippen molar-refractivity contribution >= 4 is 38.9 Å². The Morgan fingerprint density at radius 3 is 2.10 bits per heavy atom. The van der Waals surface area contributed by atoms with Gasteiger partial charge in [-0.15, -0.1) is 0 Å². The molecule has 158 valence electrons. The number of hydrogen-bond donors (Lipinski definition) is 2. The highest BCUT2D eigenvalue weighted by molar-refractivity contribution is 7.92. The third kappa shape index (κ3) is 4.75. The minimum atomic E-state index is -3.69. The number of hydrogen-bond acceptors (Lipinski definition) is 4. The zero-order valence-corrected chi connectivity index (χ0v) is 17.4. The molecule has 0 radical (unpaired) electrons. The average molecular weight is 436 g/mol. The number of carbonyl (C=O) groups is 2. The molecule has 0 aliphatic carbocycles. The van der Waals surface area contributed by atoms with Gasteiger partial charge in [0.15, 0.2) is 0 Å². The molecule has 2 N–H and O–H groups in total. The molecular weight excluding hydrogens is 414 g/mol. The summed E-state index contributed by atoms with van der Waals surface area (Å²) in [4.78, 5) is 26.2. The molecule has 0 spiro atoms. The van der Waals surface area contributed by atoms with Crippen molar-refractivity contribution in [3.05, 3.63) is 84.4 Å². The molecule has 1 saturated heterocycles. The van der Waals surface area contributed by atoms with Gasteiger partial charge in [0.1, 0.15) is 0 Å². The van der Waals surface area contributed by atoms with Crippen LogP contribution in [-0.4, -0.2) is 26.8 Å². The van der Waals surface area contributed by atoms with E-state index in [2.05, 4.69) is 10.0 Å². The number of sulfonamides is 1. The topological polar surface area (TPSA) is 95.6 Å². The SMILES string of the molecule is O=C(Nc1ccc(N2CCCC2=O)cc1)c1ccc(NS(=O)(=O)c2ccccc2)cc1. The third-order valence-corrected chi connectivity index (χ3v) is 6.36. The molecule has 0 aromatic heterocycles. The molecule has 4 rings (SSSR count). The molecule has 8 heteroatoms. The summed E-state index contributed by atoms with van der Waals surface area (Å²) >= 11 is 0. The van der Waals surface area contributed by atoms with Crippen LogP contribution in [0.2, 0.25) is 0 Å². The lowest BCUT2D eigenvalue weighted by Gasteiger charge is -2.16. The lowest BCUT2D eigenvalue weighted by atomic mass is 10.2. The van der Waals surface area contributed by atoms with E-state index in [1.165, 1.54) is 24.3 Å². The molecule has 1 fully saturated rings. The van der Waals surface area contributed by atoms with Crippen molar-refractivity contribution in [2.45, 2.75) is 17.7 Å². The largest absolute Gasteiger partial charge is 0.322 e. The van der Waals surface area contributed by atoms with Gasteiger partial charge in [0.2, 0.25) is 5.91 Å². The van der Waals surface area contributed by atoms with Crippen LogP contribution in [0.4, 0.5) is 17.1 Å². The normalized spacial score (nSPS) is 13.8. The number of rotatable bonds is 6. The van der Waals surface area contributed by atoms with E-state index in [1.807, 2.05) is 0 Å². The Labute approximate surface area is 180 Å². The van der Waals surface area contributed by atoms with Gasteiger partial charge in [-0.2, -0.15) is 0 Å². The predicted octanol–water partition coefficient (Wildman–Crippen LogP) is 3.87. The minimum Gasteiger partial charge on any atom is -0.322 e. The highest BCUT2D eigenvalue weighted by Crippen LogP contribution is 2.23. The number of nitrogens with zero attached hydrogens (tertiary/aromatic N) is 1. The van der Waals surface area contributed by atoms with E-state index >= 15 is 0 Å². The monoisotopic (exact) mass is 435 g/mol. The average Bonchev–Trinajstić information content (AvgIpc) is 3.21. The molecule has 0 bridgehead atoms. The van der Waals surface area contributed by atoms with E-state index in [4.69, 9.17) is 0 Å². The fourth-order valence-corrected chi connectivity index (χ4v) is 4.43. The Morgan fingerprint density at radius 2 is 1.48 bits per heavy atom. The molecule has 0 atom stereocenters. The van der Waals surface area contributed by atoms with Gasteiger partial charge in [0, 0.05) is 35.6 Å². The maximum Gasteiger partial charge on any atom is 0.261 e. The summed E-state index contributed by atoms with van der Waals surface area (Å²) in [6.45, 7) is 0.713. The molecular formula is C23H21N3O4S. The Kier molecular flexibility index (Phi) is 5.73. The van der Waals surface area contributed by atoms with Crippen molar-refractivity contribution < 1.29 is 18.0 Å². The van der Waals surface area contributed by atoms with Gasteiger partial charge in [-0.3, -0.25) is 14.3 Å². The van der Waals surface area contributed by atoms with Crippen molar-refractivity contribution in [3.63, 3.8) is 0 Å². The number of nitrogens with one attached hydrogen (secondary N) is 2. The standard InChI is InChI=1S/C23H21N3O4S/c27-22-7-4-16-26(22)20-14-12-18(13-15-20)24-23(28)17-8-10-19(11-9-17)25-31(29,30)21-5-2-1-3-6-21/h1-3,5-6,8-15,25H,4,7,16H2,(H,24,28). The summed E-state index contributed by atoms with van der Waals surface area (Å²) in [5.74, 6) is -0.206. The number of benzene rings is 3. The Balaban J connectivity index is 1.40. The quantitative estimate of drug-likeness (QED) is 0.614. The highest BCUT2D eigenvalue weighted by Gasteiger charge is 2.21. The molecule has 1 aliphatic rings. The molecule has 31 heavy (non-hydrogen) atoms. The van der Waals surface area contributed by atoms with Gasteiger partial charge < -0.3 is 10.2 Å². The van der Waals surface area contributed by atoms with E-state index in [1.54, 1.807) is 59.5 Å². The summed E-state index contributed by atoms with van der Waals surface area (Å²) in [6, 6.07) is 21.4. The molecule has 3 aromatic carbocycles. The lowest BCUT2D eigenvalue weighted by molar-refractivity contribution is -0.117. The summed E-state index contributed by atoms with van der Waals surface area (Å²) in [5, 5.41) is 2.80. The van der Waals surface area contributed by atoms with Gasteiger partial charge in [-0.25, -0.2) is 8.42 Å². The van der Waals surface area contributed by atoms with Gasteiger partial charge >= 0.3 is 0 Å². The van der Waals surface area contributed by atoms with Crippen LogP contribution in [0.3, 0.4) is 0 Å². The van der Waals surface area contributed by atoms with E-state index in [9.17, 15) is 18.0 Å². The second kappa shape index (κ2) is 8.61. The molecule has 1 heterocycles. The highest BCUT2D eigenvalue weighted by atomic mass is 32.2. The molecule has 1 aliphatic heterocycles. The van der Waals surface area contributed by atoms with E-state index in [0.717, 1.165) is 12.1 Å². The molecule has 0 saturated carbocycles. The maximum absolute atomic E-state index is 12.5. The van der Waals surface area contributed by atoms with Crippen molar-refractivity contribution in [3.8, 4) is 0 Å². The van der Waals surface area contributed by atoms with Gasteiger partial charge in [0.25, 0.3) is 15.9 Å². The van der Waals surface area contributed by atoms with Gasteiger partial charge in [-0.1, -0.05) is 18.2 Å². The van der Waals surface area contributed by atoms with E-state index in [-0.39, 0.29) is 16.7 Å². The maximum atomic E-state index is 12.5. The Hall–Kier alpha value is -3.65. The second-order valence-corrected chi connectivity index (χ2v) is 8.83. The first-order chi connectivity index (χ1) is 14.9. The lowest BCUT2D eigenvalue weighted by Crippen LogP contribution is -2.23. The Morgan fingerprint density at radius 1 is 0.839 bits per heavy atom. The first kappa shape index (κ1) is 20.6. The summed E-state index contributed by atoms with van der Waals surface area (Å²) in [5.41, 5.74) is 2.17. The van der Waals surface area contributed by atoms with Crippen LogP contribution >= 0.6 is 0 Å². The first-order valence-electron chi connectivity index (χ1n) is 9.82. The fraction of sp³-hybridized carbons (Fsp3) is 0.130. The van der Waals surface area contributed by atoms with Crippen LogP contribution < -0.4 is 14.9 Å². The smallest absolute Gasteiger partial charge is 0.261 e. The summed E-state index contributed by atoms with van der Waals surface area (Å²) < 4.78 is 27.3. The van der Waals surface area contributed by atoms with Gasteiger partial charge in [-0.05, 0) is 67.1 Å². The molecule has 0 unspecified atom stereocenters. The Bertz CT molecular complexity index is 1190. The van der Waals surface area contributed by atoms with Crippen LogP contribution in [-0.2, 0) is 14.8 Å². The van der Waals surface area contributed by atoms with Crippen LogP contribution in [0, 0.1) is 0 Å². The van der Waals surface area contributed by atoms with Crippen molar-refractivity contribution in [2.75, 3.05) is 21.5 Å². The second-order valence-electron chi connectivity index (χ2n) is 7.15. The molecule has 2 amide bonds. The van der Waals surface area contributed by atoms with Crippen LogP contribution in [0.15, 0.2) is 83.8 Å². The van der Waals surface area contributed by atoms with Crippen molar-refractivity contribution in [1.82, 2.24) is 0 Å². The molecule has 3 aromatic rings. The predicted molar refractivity (Wildman–Crippen MR) is 120 cm³/mol. The van der Waals surface area contributed by atoms with Crippen LogP contribution in [0.5, 0.6) is 0 Å². The van der Waals surface area contributed by atoms with Crippen LogP contribution in [0.1, 0.15) is 23.2 Å². The molecule has 7 nitrogen and oxygen atoms in total. The summed E-state index contributed by atoms with van der Waals surface area (Å²) in [7, 11) is -3.69. The third-order valence-electron chi connectivity index (χ3n) is 4.96. The number of amides is 2. The zero-order valence-electron chi connectivity index (χ0n) is 16.6. The fourth-order valence-electron chi connectivity index (χ4n) is 3.35. The van der Waals surface area contributed by atoms with Gasteiger partial charge in [0.05, 0.1) is 4.90 Å². The minimum absolute atomic E-state index is 0.111. The summed E-state index contributed by atoms with van der Waals surface area (Å²) in [6.07, 6.45) is 1.42.